The van der Waals surface area contributed by atoms with E-state index in [4.69, 9.17) is 21.6 Å². The smallest absolute Gasteiger partial charge is 0.273 e. The van der Waals surface area contributed by atoms with Crippen molar-refractivity contribution >= 4 is 17.5 Å². The summed E-state index contributed by atoms with van der Waals surface area (Å²) in [5.41, 5.74) is 0.288. The standard InChI is InChI=1S/C11H10ClN3O2/c12-8-1-2-10(14-6-8)11(16)15-3-4-17-7-9(15)5-13/h1-2,6,9H,3-4,7H2. The van der Waals surface area contributed by atoms with Crippen LogP contribution in [0.15, 0.2) is 18.3 Å². The van der Waals surface area contributed by atoms with E-state index in [1.165, 1.54) is 11.1 Å². The highest BCUT2D eigenvalue weighted by molar-refractivity contribution is 6.30. The predicted octanol–water partition coefficient (Wildman–Crippen LogP) is 1.10. The van der Waals surface area contributed by atoms with Crippen LogP contribution in [0.1, 0.15) is 10.5 Å². The molecule has 2 heterocycles. The molecule has 1 saturated heterocycles. The second-order valence-electron chi connectivity index (χ2n) is 3.58. The molecule has 0 radical (unpaired) electrons. The Morgan fingerprint density at radius 2 is 2.47 bits per heavy atom. The molecule has 0 saturated carbocycles. The molecule has 1 fully saturated rings. The second kappa shape index (κ2) is 5.13. The van der Waals surface area contributed by atoms with E-state index in [1.807, 2.05) is 6.07 Å². The molecule has 0 spiro atoms. The van der Waals surface area contributed by atoms with Crippen LogP contribution in [0.25, 0.3) is 0 Å². The van der Waals surface area contributed by atoms with E-state index in [1.54, 1.807) is 12.1 Å². The number of nitriles is 1. The molecule has 6 heteroatoms. The highest BCUT2D eigenvalue weighted by Gasteiger charge is 2.28. The fraction of sp³-hybridized carbons (Fsp3) is 0.364. The van der Waals surface area contributed by atoms with Gasteiger partial charge in [0.15, 0.2) is 0 Å². The minimum atomic E-state index is -0.547. The van der Waals surface area contributed by atoms with E-state index in [-0.39, 0.29) is 18.2 Å². The van der Waals surface area contributed by atoms with E-state index in [2.05, 4.69) is 4.98 Å². The summed E-state index contributed by atoms with van der Waals surface area (Å²) in [6.07, 6.45) is 1.41. The lowest BCUT2D eigenvalue weighted by atomic mass is 10.2. The van der Waals surface area contributed by atoms with E-state index < -0.39 is 6.04 Å². The molecule has 5 nitrogen and oxygen atoms in total. The van der Waals surface area contributed by atoms with Crippen molar-refractivity contribution in [1.82, 2.24) is 9.88 Å². The number of morpholine rings is 1. The van der Waals surface area contributed by atoms with Gasteiger partial charge in [-0.1, -0.05) is 11.6 Å². The zero-order chi connectivity index (χ0) is 12.3. The van der Waals surface area contributed by atoms with E-state index in [0.717, 1.165) is 0 Å². The normalized spacial score (nSPS) is 19.8. The first kappa shape index (κ1) is 11.8. The lowest BCUT2D eigenvalue weighted by Crippen LogP contribution is -2.48. The number of halogens is 1. The highest BCUT2D eigenvalue weighted by Crippen LogP contribution is 2.12. The van der Waals surface area contributed by atoms with Gasteiger partial charge >= 0.3 is 0 Å². The minimum Gasteiger partial charge on any atom is -0.376 e. The van der Waals surface area contributed by atoms with Gasteiger partial charge in [0.25, 0.3) is 5.91 Å². The number of nitrogens with zero attached hydrogens (tertiary/aromatic N) is 3. The zero-order valence-electron chi connectivity index (χ0n) is 8.97. The van der Waals surface area contributed by atoms with Gasteiger partial charge in [-0.15, -0.1) is 0 Å². The molecule has 1 atom stereocenters. The van der Waals surface area contributed by atoms with Gasteiger partial charge in [-0.05, 0) is 12.1 Å². The van der Waals surface area contributed by atoms with Crippen LogP contribution in [0, 0.1) is 11.3 Å². The van der Waals surface area contributed by atoms with Gasteiger partial charge in [-0.3, -0.25) is 4.79 Å². The average molecular weight is 252 g/mol. The number of aromatic nitrogens is 1. The van der Waals surface area contributed by atoms with Crippen molar-refractivity contribution in [2.45, 2.75) is 6.04 Å². The summed E-state index contributed by atoms with van der Waals surface area (Å²) >= 11 is 5.70. The van der Waals surface area contributed by atoms with Crippen molar-refractivity contribution in [2.75, 3.05) is 19.8 Å². The van der Waals surface area contributed by atoms with Gasteiger partial charge in [-0.2, -0.15) is 5.26 Å². The molecule has 1 aromatic rings. The number of rotatable bonds is 1. The fourth-order valence-corrected chi connectivity index (χ4v) is 1.71. The van der Waals surface area contributed by atoms with Gasteiger partial charge in [-0.25, -0.2) is 4.98 Å². The van der Waals surface area contributed by atoms with Crippen molar-refractivity contribution in [2.24, 2.45) is 0 Å². The molecular weight excluding hydrogens is 242 g/mol. The topological polar surface area (TPSA) is 66.2 Å². The summed E-state index contributed by atoms with van der Waals surface area (Å²) in [6.45, 7) is 1.09. The van der Waals surface area contributed by atoms with Gasteiger partial charge in [0, 0.05) is 12.7 Å². The maximum atomic E-state index is 12.1. The fourth-order valence-electron chi connectivity index (χ4n) is 1.60. The van der Waals surface area contributed by atoms with Crippen LogP contribution in [0.4, 0.5) is 0 Å². The van der Waals surface area contributed by atoms with Crippen LogP contribution in [0.2, 0.25) is 5.02 Å². The average Bonchev–Trinajstić information content (AvgIpc) is 2.39. The summed E-state index contributed by atoms with van der Waals surface area (Å²) in [7, 11) is 0. The summed E-state index contributed by atoms with van der Waals surface area (Å²) in [5, 5.41) is 9.41. The Hall–Kier alpha value is -1.64. The van der Waals surface area contributed by atoms with Crippen molar-refractivity contribution < 1.29 is 9.53 Å². The SMILES string of the molecule is N#CC1COCCN1C(=O)c1ccc(Cl)cn1. The molecule has 0 aromatic carbocycles. The Bertz CT molecular complexity index is 455. The number of carbonyl (C=O) groups is 1. The number of hydrogen-bond acceptors (Lipinski definition) is 4. The van der Waals surface area contributed by atoms with Gasteiger partial charge in [0.2, 0.25) is 0 Å². The van der Waals surface area contributed by atoms with Crippen molar-refractivity contribution in [3.8, 4) is 6.07 Å². The second-order valence-corrected chi connectivity index (χ2v) is 4.02. The molecule has 1 aromatic heterocycles. The number of pyridine rings is 1. The first-order valence-corrected chi connectivity index (χ1v) is 5.50. The van der Waals surface area contributed by atoms with E-state index in [0.29, 0.717) is 18.2 Å². The lowest BCUT2D eigenvalue weighted by Gasteiger charge is -2.30. The summed E-state index contributed by atoms with van der Waals surface area (Å²) < 4.78 is 5.15. The first-order valence-electron chi connectivity index (χ1n) is 5.12. The molecule has 0 aliphatic carbocycles. The van der Waals surface area contributed by atoms with Crippen molar-refractivity contribution in [1.29, 1.82) is 5.26 Å². The molecule has 1 amide bonds. The van der Waals surface area contributed by atoms with Gasteiger partial charge in [0.1, 0.15) is 11.7 Å². The number of carbonyl (C=O) groups excluding carboxylic acids is 1. The Morgan fingerprint density at radius 3 is 3.12 bits per heavy atom. The third-order valence-corrected chi connectivity index (χ3v) is 2.71. The third kappa shape index (κ3) is 2.54. The molecule has 1 unspecified atom stereocenters. The number of amides is 1. The van der Waals surface area contributed by atoms with E-state index in [9.17, 15) is 4.79 Å². The number of hydrogen-bond donors (Lipinski definition) is 0. The highest BCUT2D eigenvalue weighted by atomic mass is 35.5. The molecule has 88 valence electrons. The molecule has 17 heavy (non-hydrogen) atoms. The Balaban J connectivity index is 2.18. The molecule has 0 bridgehead atoms. The summed E-state index contributed by atoms with van der Waals surface area (Å²) in [5.74, 6) is -0.267. The summed E-state index contributed by atoms with van der Waals surface area (Å²) in [6, 6.07) is 4.65. The monoisotopic (exact) mass is 251 g/mol. The predicted molar refractivity (Wildman–Crippen MR) is 60.5 cm³/mol. The minimum absolute atomic E-state index is 0.246. The van der Waals surface area contributed by atoms with Crippen molar-refractivity contribution in [3.63, 3.8) is 0 Å². The van der Waals surface area contributed by atoms with Crippen LogP contribution >= 0.6 is 11.6 Å². The largest absolute Gasteiger partial charge is 0.376 e. The Labute approximate surface area is 104 Å². The molecular formula is C11H10ClN3O2. The van der Waals surface area contributed by atoms with Crippen LogP contribution in [-0.4, -0.2) is 41.6 Å². The molecule has 2 rings (SSSR count). The molecule has 0 N–H and O–H groups in total. The van der Waals surface area contributed by atoms with Gasteiger partial charge in [0.05, 0.1) is 24.3 Å². The molecule has 1 aliphatic rings. The quantitative estimate of drug-likeness (QED) is 0.750. The maximum absolute atomic E-state index is 12.1. The lowest BCUT2D eigenvalue weighted by molar-refractivity contribution is 0.0129. The Kier molecular flexibility index (Phi) is 3.57. The number of ether oxygens (including phenoxy) is 1. The van der Waals surface area contributed by atoms with Crippen LogP contribution in [0.3, 0.4) is 0 Å². The molecule has 1 aliphatic heterocycles. The van der Waals surface area contributed by atoms with Crippen LogP contribution < -0.4 is 0 Å². The maximum Gasteiger partial charge on any atom is 0.273 e. The third-order valence-electron chi connectivity index (χ3n) is 2.48. The first-order chi connectivity index (χ1) is 8.22. The van der Waals surface area contributed by atoms with Gasteiger partial charge < -0.3 is 9.64 Å². The summed E-state index contributed by atoms with van der Waals surface area (Å²) in [4.78, 5) is 17.5. The van der Waals surface area contributed by atoms with E-state index >= 15 is 0 Å². The van der Waals surface area contributed by atoms with Crippen molar-refractivity contribution in [3.05, 3.63) is 29.0 Å². The van der Waals surface area contributed by atoms with Crippen LogP contribution in [-0.2, 0) is 4.74 Å². The zero-order valence-corrected chi connectivity index (χ0v) is 9.72. The van der Waals surface area contributed by atoms with Crippen LogP contribution in [0.5, 0.6) is 0 Å². The Morgan fingerprint density at radius 1 is 1.65 bits per heavy atom.